The van der Waals surface area contributed by atoms with Crippen molar-refractivity contribution in [2.24, 2.45) is 0 Å². The van der Waals surface area contributed by atoms with Crippen molar-refractivity contribution < 1.29 is 4.42 Å². The predicted molar refractivity (Wildman–Crippen MR) is 80.1 cm³/mol. The number of aryl methyl sites for hydroxylation is 2. The van der Waals surface area contributed by atoms with Crippen LogP contribution < -0.4 is 5.56 Å². The molecule has 0 aliphatic rings. The average molecular weight is 372 g/mol. The second-order valence-electron chi connectivity index (χ2n) is 3.98. The second kappa shape index (κ2) is 4.20. The summed E-state index contributed by atoms with van der Waals surface area (Å²) in [6.45, 7) is 3.94. The molecule has 0 aliphatic heterocycles. The third-order valence-corrected chi connectivity index (χ3v) is 4.53. The van der Waals surface area contributed by atoms with Gasteiger partial charge in [0.15, 0.2) is 15.4 Å². The molecule has 0 aromatic carbocycles. The molecule has 0 spiro atoms. The van der Waals surface area contributed by atoms with E-state index < -0.39 is 0 Å². The van der Waals surface area contributed by atoms with Gasteiger partial charge < -0.3 is 9.40 Å². The van der Waals surface area contributed by atoms with Crippen LogP contribution in [0.5, 0.6) is 0 Å². The Morgan fingerprint density at radius 2 is 2.17 bits per heavy atom. The molecule has 0 saturated heterocycles. The lowest BCUT2D eigenvalue weighted by Gasteiger charge is -1.97. The molecule has 0 aliphatic carbocycles. The van der Waals surface area contributed by atoms with Crippen molar-refractivity contribution in [3.05, 3.63) is 36.7 Å². The van der Waals surface area contributed by atoms with Crippen LogP contribution in [-0.4, -0.2) is 9.97 Å². The van der Waals surface area contributed by atoms with Crippen molar-refractivity contribution in [2.45, 2.75) is 13.8 Å². The minimum absolute atomic E-state index is 0.108. The maximum absolute atomic E-state index is 12.1. The summed E-state index contributed by atoms with van der Waals surface area (Å²) < 4.78 is 6.24. The van der Waals surface area contributed by atoms with Crippen LogP contribution in [0.2, 0.25) is 0 Å². The van der Waals surface area contributed by atoms with E-state index in [1.54, 1.807) is 6.07 Å². The summed E-state index contributed by atoms with van der Waals surface area (Å²) in [5, 5.41) is 0.683. The van der Waals surface area contributed by atoms with E-state index in [1.165, 1.54) is 11.3 Å². The standard InChI is InChI=1S/C12H9IN2O2S/c1-5-6(2)18-12-9(5)11(16)14-10(15-12)7-3-4-8(13)17-7/h3-4H,1-2H3,(H,14,15,16). The van der Waals surface area contributed by atoms with Gasteiger partial charge in [-0.25, -0.2) is 4.98 Å². The molecule has 1 N–H and O–H groups in total. The van der Waals surface area contributed by atoms with E-state index in [4.69, 9.17) is 4.42 Å². The Kier molecular flexibility index (Phi) is 2.78. The van der Waals surface area contributed by atoms with Gasteiger partial charge in [0.2, 0.25) is 0 Å². The van der Waals surface area contributed by atoms with E-state index in [9.17, 15) is 4.79 Å². The molecule has 3 heterocycles. The van der Waals surface area contributed by atoms with Gasteiger partial charge in [-0.3, -0.25) is 4.79 Å². The lowest BCUT2D eigenvalue weighted by Crippen LogP contribution is -2.08. The van der Waals surface area contributed by atoms with Crippen LogP contribution in [0.1, 0.15) is 10.4 Å². The maximum Gasteiger partial charge on any atom is 0.260 e. The van der Waals surface area contributed by atoms with E-state index in [0.29, 0.717) is 17.0 Å². The average Bonchev–Trinajstić information content (AvgIpc) is 2.85. The minimum atomic E-state index is -0.108. The Morgan fingerprint density at radius 1 is 1.39 bits per heavy atom. The third kappa shape index (κ3) is 1.79. The largest absolute Gasteiger partial charge is 0.447 e. The molecular weight excluding hydrogens is 363 g/mol. The summed E-state index contributed by atoms with van der Waals surface area (Å²) in [6, 6.07) is 3.64. The first-order valence-electron chi connectivity index (χ1n) is 5.32. The Morgan fingerprint density at radius 3 is 2.83 bits per heavy atom. The number of aromatic amines is 1. The number of halogens is 1. The van der Waals surface area contributed by atoms with Crippen LogP contribution in [0.3, 0.4) is 0 Å². The van der Waals surface area contributed by atoms with Gasteiger partial charge in [0.05, 0.1) is 5.39 Å². The number of nitrogens with one attached hydrogen (secondary N) is 1. The molecule has 0 atom stereocenters. The zero-order chi connectivity index (χ0) is 12.9. The number of rotatable bonds is 1. The van der Waals surface area contributed by atoms with Crippen molar-refractivity contribution in [3.63, 3.8) is 0 Å². The van der Waals surface area contributed by atoms with E-state index in [2.05, 4.69) is 32.6 Å². The monoisotopic (exact) mass is 372 g/mol. The SMILES string of the molecule is Cc1sc2nc(-c3ccc(I)o3)[nH]c(=O)c2c1C. The highest BCUT2D eigenvalue weighted by Gasteiger charge is 2.14. The first-order valence-corrected chi connectivity index (χ1v) is 7.21. The Bertz CT molecular complexity index is 800. The van der Waals surface area contributed by atoms with Gasteiger partial charge in [0.1, 0.15) is 4.83 Å². The molecule has 92 valence electrons. The Balaban J connectivity index is 2.31. The first kappa shape index (κ1) is 11.9. The van der Waals surface area contributed by atoms with Crippen LogP contribution in [-0.2, 0) is 0 Å². The predicted octanol–water partition coefficient (Wildman–Crippen LogP) is 3.47. The highest BCUT2D eigenvalue weighted by atomic mass is 127. The molecule has 0 amide bonds. The zero-order valence-corrected chi connectivity index (χ0v) is 12.7. The molecule has 0 unspecified atom stereocenters. The first-order chi connectivity index (χ1) is 8.56. The fourth-order valence-corrected chi connectivity index (χ4v) is 3.26. The van der Waals surface area contributed by atoms with Crippen LogP contribution in [0, 0.1) is 17.6 Å². The summed E-state index contributed by atoms with van der Waals surface area (Å²) in [6.07, 6.45) is 0. The van der Waals surface area contributed by atoms with Crippen molar-refractivity contribution in [1.29, 1.82) is 0 Å². The lowest BCUT2D eigenvalue weighted by atomic mass is 10.2. The molecule has 6 heteroatoms. The fourth-order valence-electron chi connectivity index (χ4n) is 1.81. The van der Waals surface area contributed by atoms with Crippen molar-refractivity contribution in [3.8, 4) is 11.6 Å². The van der Waals surface area contributed by atoms with Gasteiger partial charge in [-0.05, 0) is 54.1 Å². The molecule has 3 aromatic rings. The van der Waals surface area contributed by atoms with Crippen LogP contribution in [0.4, 0.5) is 0 Å². The van der Waals surface area contributed by atoms with Crippen molar-refractivity contribution in [1.82, 2.24) is 9.97 Å². The summed E-state index contributed by atoms with van der Waals surface area (Å²) >= 11 is 3.61. The number of furan rings is 1. The number of fused-ring (bicyclic) bond motifs is 1. The van der Waals surface area contributed by atoms with Crippen LogP contribution in [0.15, 0.2) is 21.3 Å². The summed E-state index contributed by atoms with van der Waals surface area (Å²) in [5.41, 5.74) is 0.896. The molecule has 3 aromatic heterocycles. The van der Waals surface area contributed by atoms with Gasteiger partial charge in [-0.15, -0.1) is 11.3 Å². The zero-order valence-electron chi connectivity index (χ0n) is 9.70. The molecule has 0 fully saturated rings. The molecule has 0 radical (unpaired) electrons. The lowest BCUT2D eigenvalue weighted by molar-refractivity contribution is 0.548. The number of aromatic nitrogens is 2. The molecule has 4 nitrogen and oxygen atoms in total. The highest BCUT2D eigenvalue weighted by molar-refractivity contribution is 14.1. The summed E-state index contributed by atoms with van der Waals surface area (Å²) in [7, 11) is 0. The minimum Gasteiger partial charge on any atom is -0.447 e. The highest BCUT2D eigenvalue weighted by Crippen LogP contribution is 2.28. The molecule has 3 rings (SSSR count). The second-order valence-corrected chi connectivity index (χ2v) is 6.25. The maximum atomic E-state index is 12.1. The quantitative estimate of drug-likeness (QED) is 0.666. The number of thiophene rings is 1. The Hall–Kier alpha value is -1.15. The van der Waals surface area contributed by atoms with Gasteiger partial charge >= 0.3 is 0 Å². The van der Waals surface area contributed by atoms with Gasteiger partial charge in [0, 0.05) is 4.88 Å². The normalized spacial score (nSPS) is 11.3. The number of hydrogen-bond donors (Lipinski definition) is 1. The van der Waals surface area contributed by atoms with Crippen LogP contribution >= 0.6 is 33.9 Å². The van der Waals surface area contributed by atoms with E-state index >= 15 is 0 Å². The van der Waals surface area contributed by atoms with Crippen LogP contribution in [0.25, 0.3) is 21.8 Å². The fraction of sp³-hybridized carbons (Fsp3) is 0.167. The molecule has 0 saturated carbocycles. The summed E-state index contributed by atoms with van der Waals surface area (Å²) in [4.78, 5) is 21.2. The molecule has 0 bridgehead atoms. The van der Waals surface area contributed by atoms with E-state index in [-0.39, 0.29) is 5.56 Å². The van der Waals surface area contributed by atoms with Gasteiger partial charge in [0.25, 0.3) is 5.56 Å². The Labute approximate surface area is 120 Å². The van der Waals surface area contributed by atoms with Gasteiger partial charge in [-0.2, -0.15) is 0 Å². The van der Waals surface area contributed by atoms with E-state index in [0.717, 1.165) is 19.0 Å². The van der Waals surface area contributed by atoms with E-state index in [1.807, 2.05) is 19.9 Å². The van der Waals surface area contributed by atoms with Gasteiger partial charge in [-0.1, -0.05) is 0 Å². The third-order valence-electron chi connectivity index (χ3n) is 2.85. The smallest absolute Gasteiger partial charge is 0.260 e. The topological polar surface area (TPSA) is 58.9 Å². The molecule has 18 heavy (non-hydrogen) atoms. The number of H-pyrrole nitrogens is 1. The van der Waals surface area contributed by atoms with Crippen molar-refractivity contribution in [2.75, 3.05) is 0 Å². The van der Waals surface area contributed by atoms with Crippen molar-refractivity contribution >= 4 is 44.1 Å². The number of nitrogens with zero attached hydrogens (tertiary/aromatic N) is 1. The molecular formula is C12H9IN2O2S. The number of hydrogen-bond acceptors (Lipinski definition) is 4. The summed E-state index contributed by atoms with van der Waals surface area (Å²) in [5.74, 6) is 1.07.